The lowest BCUT2D eigenvalue weighted by molar-refractivity contribution is 0.0728. The molecule has 0 aliphatic carbocycles. The molecule has 0 saturated carbocycles. The molecule has 1 aromatic heterocycles. The van der Waals surface area contributed by atoms with Crippen LogP contribution in [0, 0.1) is 0 Å². The van der Waals surface area contributed by atoms with Gasteiger partial charge in [0.25, 0.3) is 0 Å². The molecule has 0 fully saturated rings. The Morgan fingerprint density at radius 2 is 1.75 bits per heavy atom. The molecule has 0 bridgehead atoms. The lowest BCUT2D eigenvalue weighted by Gasteiger charge is -2.07. The van der Waals surface area contributed by atoms with Gasteiger partial charge in [0, 0.05) is 5.02 Å². The van der Waals surface area contributed by atoms with Gasteiger partial charge in [-0.1, -0.05) is 70.3 Å². The van der Waals surface area contributed by atoms with E-state index in [1.54, 1.807) is 0 Å². The molecule has 0 N–H and O–H groups in total. The van der Waals surface area contributed by atoms with Gasteiger partial charge < -0.3 is 4.74 Å². The molecule has 0 atom stereocenters. The van der Waals surface area contributed by atoms with Crippen LogP contribution in [-0.4, -0.2) is 21.0 Å². The van der Waals surface area contributed by atoms with Crippen LogP contribution in [0.1, 0.15) is 16.1 Å². The third-order valence-electron chi connectivity index (χ3n) is 3.09. The van der Waals surface area contributed by atoms with Crippen LogP contribution in [0.4, 0.5) is 0 Å². The summed E-state index contributed by atoms with van der Waals surface area (Å²) >= 11 is 17.8. The van der Waals surface area contributed by atoms with E-state index < -0.39 is 5.97 Å². The summed E-state index contributed by atoms with van der Waals surface area (Å²) in [4.78, 5) is 12.2. The Hall–Kier alpha value is -2.08. The van der Waals surface area contributed by atoms with E-state index in [-0.39, 0.29) is 21.5 Å². The van der Waals surface area contributed by atoms with Gasteiger partial charge in [-0.3, -0.25) is 0 Å². The second-order valence-corrected chi connectivity index (χ2v) is 6.13. The number of aromatic nitrogens is 3. The summed E-state index contributed by atoms with van der Waals surface area (Å²) in [7, 11) is 0. The van der Waals surface area contributed by atoms with E-state index in [4.69, 9.17) is 39.5 Å². The van der Waals surface area contributed by atoms with Gasteiger partial charge in [-0.2, -0.15) is 0 Å². The molecule has 0 radical (unpaired) electrons. The zero-order chi connectivity index (χ0) is 17.1. The first kappa shape index (κ1) is 16.8. The van der Waals surface area contributed by atoms with Crippen LogP contribution >= 0.6 is 34.8 Å². The topological polar surface area (TPSA) is 57.0 Å². The molecule has 3 rings (SSSR count). The number of halogens is 3. The van der Waals surface area contributed by atoms with Gasteiger partial charge in [0.05, 0.1) is 22.8 Å². The standard InChI is InChI=1S/C16H10Cl3N3O2/c17-11-6-12(18)15(13(19)7-11)24-16(23)14-9-22(21-20-14)8-10-4-2-1-3-5-10/h1-7,9H,8H2. The van der Waals surface area contributed by atoms with Crippen LogP contribution in [-0.2, 0) is 6.54 Å². The van der Waals surface area contributed by atoms with Crippen LogP contribution in [0.2, 0.25) is 15.1 Å². The van der Waals surface area contributed by atoms with Gasteiger partial charge in [0.1, 0.15) is 0 Å². The van der Waals surface area contributed by atoms with Crippen LogP contribution in [0.3, 0.4) is 0 Å². The highest BCUT2D eigenvalue weighted by Gasteiger charge is 2.18. The Bertz CT molecular complexity index is 858. The molecule has 0 amide bonds. The lowest BCUT2D eigenvalue weighted by Crippen LogP contribution is -2.09. The molecule has 24 heavy (non-hydrogen) atoms. The third-order valence-corrected chi connectivity index (χ3v) is 3.87. The zero-order valence-corrected chi connectivity index (χ0v) is 14.4. The molecule has 0 aliphatic rings. The maximum Gasteiger partial charge on any atom is 0.366 e. The molecule has 2 aromatic carbocycles. The fourth-order valence-corrected chi connectivity index (χ4v) is 2.91. The summed E-state index contributed by atoms with van der Waals surface area (Å²) in [5, 5.41) is 8.34. The summed E-state index contributed by atoms with van der Waals surface area (Å²) in [6.07, 6.45) is 1.49. The van der Waals surface area contributed by atoms with Gasteiger partial charge in [0.2, 0.25) is 0 Å². The third kappa shape index (κ3) is 3.87. The Kier molecular flexibility index (Phi) is 5.04. The predicted molar refractivity (Wildman–Crippen MR) is 92.0 cm³/mol. The highest BCUT2D eigenvalue weighted by Crippen LogP contribution is 2.36. The van der Waals surface area contributed by atoms with Crippen molar-refractivity contribution in [3.05, 3.63) is 75.0 Å². The number of benzene rings is 2. The van der Waals surface area contributed by atoms with E-state index in [9.17, 15) is 4.79 Å². The minimum absolute atomic E-state index is 0.0327. The normalized spacial score (nSPS) is 10.6. The van der Waals surface area contributed by atoms with Gasteiger partial charge in [0.15, 0.2) is 11.4 Å². The fourth-order valence-electron chi connectivity index (χ4n) is 2.01. The first-order valence-corrected chi connectivity index (χ1v) is 7.97. The predicted octanol–water partition coefficient (Wildman–Crippen LogP) is 4.51. The molecule has 5 nitrogen and oxygen atoms in total. The maximum atomic E-state index is 12.2. The van der Waals surface area contributed by atoms with Crippen molar-refractivity contribution in [2.24, 2.45) is 0 Å². The second kappa shape index (κ2) is 7.21. The van der Waals surface area contributed by atoms with Crippen LogP contribution < -0.4 is 4.74 Å². The van der Waals surface area contributed by atoms with Crippen molar-refractivity contribution in [2.75, 3.05) is 0 Å². The first-order valence-electron chi connectivity index (χ1n) is 6.83. The number of carbonyl (C=O) groups is 1. The molecular weight excluding hydrogens is 373 g/mol. The van der Waals surface area contributed by atoms with Gasteiger partial charge >= 0.3 is 5.97 Å². The highest BCUT2D eigenvalue weighted by atomic mass is 35.5. The van der Waals surface area contributed by atoms with Gasteiger partial charge in [-0.05, 0) is 17.7 Å². The zero-order valence-electron chi connectivity index (χ0n) is 12.1. The van der Waals surface area contributed by atoms with Crippen LogP contribution in [0.25, 0.3) is 0 Å². The van der Waals surface area contributed by atoms with Crippen molar-refractivity contribution < 1.29 is 9.53 Å². The molecule has 0 unspecified atom stereocenters. The van der Waals surface area contributed by atoms with Crippen molar-refractivity contribution >= 4 is 40.8 Å². The monoisotopic (exact) mass is 381 g/mol. The number of nitrogens with zero attached hydrogens (tertiary/aromatic N) is 3. The van der Waals surface area contributed by atoms with Crippen molar-refractivity contribution in [3.8, 4) is 5.75 Å². The summed E-state index contributed by atoms with van der Waals surface area (Å²) < 4.78 is 6.74. The van der Waals surface area contributed by atoms with E-state index in [0.717, 1.165) is 5.56 Å². The summed E-state index contributed by atoms with van der Waals surface area (Å²) in [5.74, 6) is -0.675. The van der Waals surface area contributed by atoms with E-state index >= 15 is 0 Å². The van der Waals surface area contributed by atoms with Crippen molar-refractivity contribution in [2.45, 2.75) is 6.54 Å². The highest BCUT2D eigenvalue weighted by molar-refractivity contribution is 6.40. The largest absolute Gasteiger partial charge is 0.419 e. The minimum Gasteiger partial charge on any atom is -0.419 e. The number of rotatable bonds is 4. The average molecular weight is 383 g/mol. The summed E-state index contributed by atoms with van der Waals surface area (Å²) in [6.45, 7) is 0.490. The molecule has 122 valence electrons. The Morgan fingerprint density at radius 1 is 1.08 bits per heavy atom. The molecule has 0 spiro atoms. The van der Waals surface area contributed by atoms with Gasteiger partial charge in [-0.15, -0.1) is 5.10 Å². The molecular formula is C16H10Cl3N3O2. The van der Waals surface area contributed by atoms with E-state index in [2.05, 4.69) is 10.3 Å². The second-order valence-electron chi connectivity index (χ2n) is 4.88. The molecule has 8 heteroatoms. The Balaban J connectivity index is 1.75. The number of ether oxygens (including phenoxy) is 1. The van der Waals surface area contributed by atoms with Crippen molar-refractivity contribution in [1.29, 1.82) is 0 Å². The molecule has 0 aliphatic heterocycles. The van der Waals surface area contributed by atoms with Crippen molar-refractivity contribution in [1.82, 2.24) is 15.0 Å². The summed E-state index contributed by atoms with van der Waals surface area (Å²) in [6, 6.07) is 12.5. The Morgan fingerprint density at radius 3 is 2.42 bits per heavy atom. The fraction of sp³-hybridized carbons (Fsp3) is 0.0625. The number of hydrogen-bond donors (Lipinski definition) is 0. The van der Waals surface area contributed by atoms with Crippen LogP contribution in [0.5, 0.6) is 5.75 Å². The first-order chi connectivity index (χ1) is 11.5. The molecule has 1 heterocycles. The van der Waals surface area contributed by atoms with E-state index in [1.807, 2.05) is 30.3 Å². The average Bonchev–Trinajstić information content (AvgIpc) is 3.00. The SMILES string of the molecule is O=C(Oc1c(Cl)cc(Cl)cc1Cl)c1cn(Cc2ccccc2)nn1. The number of carbonyl (C=O) groups excluding carboxylic acids is 1. The van der Waals surface area contributed by atoms with E-state index in [0.29, 0.717) is 11.6 Å². The Labute approximate surface area is 152 Å². The van der Waals surface area contributed by atoms with E-state index in [1.165, 1.54) is 23.0 Å². The number of esters is 1. The molecule has 3 aromatic rings. The minimum atomic E-state index is -0.708. The van der Waals surface area contributed by atoms with Gasteiger partial charge in [-0.25, -0.2) is 9.48 Å². The maximum absolute atomic E-state index is 12.2. The molecule has 0 saturated heterocycles. The lowest BCUT2D eigenvalue weighted by atomic mass is 10.2. The smallest absolute Gasteiger partial charge is 0.366 e. The summed E-state index contributed by atoms with van der Waals surface area (Å²) in [5.41, 5.74) is 1.08. The quantitative estimate of drug-likeness (QED) is 0.492. The number of hydrogen-bond acceptors (Lipinski definition) is 4. The van der Waals surface area contributed by atoms with Crippen LogP contribution in [0.15, 0.2) is 48.7 Å². The van der Waals surface area contributed by atoms with Crippen molar-refractivity contribution in [3.63, 3.8) is 0 Å².